The highest BCUT2D eigenvalue weighted by Crippen LogP contribution is 2.21. The quantitative estimate of drug-likeness (QED) is 0.833. The number of rotatable bonds is 5. The van der Waals surface area contributed by atoms with Crippen LogP contribution in [0.15, 0.2) is 18.2 Å². The number of hydrogen-bond acceptors (Lipinski definition) is 2. The van der Waals surface area contributed by atoms with E-state index in [1.54, 1.807) is 12.1 Å². The molecule has 2 rings (SSSR count). The molecule has 1 aromatic carbocycles. The summed E-state index contributed by atoms with van der Waals surface area (Å²) in [5, 5.41) is 0.469. The molecule has 0 spiro atoms. The zero-order chi connectivity index (χ0) is 15.2. The number of piperazine rings is 1. The highest BCUT2D eigenvalue weighted by Gasteiger charge is 2.21. The number of carbonyl (C=O) groups excluding carboxylic acids is 1. The van der Waals surface area contributed by atoms with Gasteiger partial charge in [-0.25, -0.2) is 4.39 Å². The van der Waals surface area contributed by atoms with Crippen molar-refractivity contribution in [3.63, 3.8) is 0 Å². The Labute approximate surface area is 130 Å². The van der Waals surface area contributed by atoms with Gasteiger partial charge in [0.15, 0.2) is 0 Å². The zero-order valence-corrected chi connectivity index (χ0v) is 13.2. The Bertz CT molecular complexity index is 467. The van der Waals surface area contributed by atoms with E-state index in [1.807, 2.05) is 4.90 Å². The molecular weight excluding hydrogens is 291 g/mol. The number of amides is 1. The van der Waals surface area contributed by atoms with E-state index in [-0.39, 0.29) is 11.7 Å². The summed E-state index contributed by atoms with van der Waals surface area (Å²) in [6, 6.07) is 4.77. The van der Waals surface area contributed by atoms with E-state index >= 15 is 0 Å². The van der Waals surface area contributed by atoms with Crippen molar-refractivity contribution in [2.45, 2.75) is 32.7 Å². The van der Waals surface area contributed by atoms with Gasteiger partial charge in [-0.1, -0.05) is 31.0 Å². The van der Waals surface area contributed by atoms with Crippen LogP contribution in [0.25, 0.3) is 0 Å². The summed E-state index contributed by atoms with van der Waals surface area (Å²) in [5.41, 5.74) is 0.546. The van der Waals surface area contributed by atoms with Crippen LogP contribution in [0.5, 0.6) is 0 Å². The largest absolute Gasteiger partial charge is 0.340 e. The Morgan fingerprint density at radius 3 is 2.62 bits per heavy atom. The van der Waals surface area contributed by atoms with Gasteiger partial charge in [-0.2, -0.15) is 0 Å². The molecule has 1 amide bonds. The predicted octanol–water partition coefficient (Wildman–Crippen LogP) is 3.31. The van der Waals surface area contributed by atoms with Gasteiger partial charge < -0.3 is 4.90 Å². The van der Waals surface area contributed by atoms with E-state index < -0.39 is 0 Å². The average Bonchev–Trinajstić information content (AvgIpc) is 2.49. The van der Waals surface area contributed by atoms with Crippen molar-refractivity contribution in [1.82, 2.24) is 9.80 Å². The molecule has 1 aliphatic heterocycles. The summed E-state index contributed by atoms with van der Waals surface area (Å²) < 4.78 is 13.8. The molecule has 1 aliphatic rings. The van der Waals surface area contributed by atoms with Gasteiger partial charge in [0.25, 0.3) is 0 Å². The Balaban J connectivity index is 1.86. The lowest BCUT2D eigenvalue weighted by molar-refractivity contribution is -0.133. The molecule has 116 valence electrons. The van der Waals surface area contributed by atoms with Gasteiger partial charge in [0.05, 0.1) is 0 Å². The van der Waals surface area contributed by atoms with E-state index in [0.29, 0.717) is 36.6 Å². The van der Waals surface area contributed by atoms with Gasteiger partial charge in [0, 0.05) is 49.7 Å². The molecule has 1 saturated heterocycles. The standard InChI is InChI=1S/C16H22ClFN2O/c1-2-3-7-16(21)20-10-8-19(9-11-20)12-13-14(17)5-4-6-15(13)18/h4-6H,2-3,7-12H2,1H3. The van der Waals surface area contributed by atoms with E-state index in [2.05, 4.69) is 11.8 Å². The topological polar surface area (TPSA) is 23.6 Å². The van der Waals surface area contributed by atoms with Crippen molar-refractivity contribution in [2.24, 2.45) is 0 Å². The van der Waals surface area contributed by atoms with Crippen LogP contribution >= 0.6 is 11.6 Å². The third kappa shape index (κ3) is 4.42. The Morgan fingerprint density at radius 2 is 2.00 bits per heavy atom. The molecule has 1 fully saturated rings. The monoisotopic (exact) mass is 312 g/mol. The highest BCUT2D eigenvalue weighted by molar-refractivity contribution is 6.31. The number of carbonyl (C=O) groups is 1. The third-order valence-electron chi connectivity index (χ3n) is 3.91. The third-order valence-corrected chi connectivity index (χ3v) is 4.27. The molecule has 0 atom stereocenters. The summed E-state index contributed by atoms with van der Waals surface area (Å²) >= 11 is 6.05. The number of nitrogens with zero attached hydrogens (tertiary/aromatic N) is 2. The normalized spacial score (nSPS) is 16.2. The van der Waals surface area contributed by atoms with Crippen LogP contribution in [0.4, 0.5) is 4.39 Å². The Morgan fingerprint density at radius 1 is 1.29 bits per heavy atom. The Hall–Kier alpha value is -1.13. The van der Waals surface area contributed by atoms with Crippen LogP contribution in [0, 0.1) is 5.82 Å². The minimum absolute atomic E-state index is 0.237. The predicted molar refractivity (Wildman–Crippen MR) is 82.8 cm³/mol. The summed E-state index contributed by atoms with van der Waals surface area (Å²) in [6.07, 6.45) is 2.62. The summed E-state index contributed by atoms with van der Waals surface area (Å²) in [5.74, 6) is -0.0237. The van der Waals surface area contributed by atoms with Crippen LogP contribution in [0.3, 0.4) is 0 Å². The fraction of sp³-hybridized carbons (Fsp3) is 0.562. The lowest BCUT2D eigenvalue weighted by Gasteiger charge is -2.35. The van der Waals surface area contributed by atoms with Gasteiger partial charge in [-0.3, -0.25) is 9.69 Å². The molecule has 1 heterocycles. The minimum atomic E-state index is -0.260. The molecule has 0 bridgehead atoms. The average molecular weight is 313 g/mol. The van der Waals surface area contributed by atoms with E-state index in [9.17, 15) is 9.18 Å². The summed E-state index contributed by atoms with van der Waals surface area (Å²) in [7, 11) is 0. The van der Waals surface area contributed by atoms with Crippen molar-refractivity contribution in [3.8, 4) is 0 Å². The second kappa shape index (κ2) is 7.76. The van der Waals surface area contributed by atoms with Crippen LogP contribution in [-0.4, -0.2) is 41.9 Å². The van der Waals surface area contributed by atoms with Crippen molar-refractivity contribution in [2.75, 3.05) is 26.2 Å². The zero-order valence-electron chi connectivity index (χ0n) is 12.4. The van der Waals surface area contributed by atoms with Crippen LogP contribution in [0.1, 0.15) is 31.7 Å². The lowest BCUT2D eigenvalue weighted by atomic mass is 10.1. The van der Waals surface area contributed by atoms with Gasteiger partial charge in [-0.05, 0) is 18.6 Å². The molecule has 3 nitrogen and oxygen atoms in total. The first-order valence-corrected chi connectivity index (χ1v) is 7.92. The number of benzene rings is 1. The SMILES string of the molecule is CCCCC(=O)N1CCN(Cc2c(F)cccc2Cl)CC1. The molecule has 21 heavy (non-hydrogen) atoms. The van der Waals surface area contributed by atoms with E-state index in [1.165, 1.54) is 6.07 Å². The number of halogens is 2. The maximum Gasteiger partial charge on any atom is 0.222 e. The summed E-state index contributed by atoms with van der Waals surface area (Å²) in [6.45, 7) is 5.56. The lowest BCUT2D eigenvalue weighted by Crippen LogP contribution is -2.48. The van der Waals surface area contributed by atoms with Gasteiger partial charge in [0.1, 0.15) is 5.82 Å². The number of hydrogen-bond donors (Lipinski definition) is 0. The summed E-state index contributed by atoms with van der Waals surface area (Å²) in [4.78, 5) is 16.0. The molecule has 0 radical (unpaired) electrons. The highest BCUT2D eigenvalue weighted by atomic mass is 35.5. The number of unbranched alkanes of at least 4 members (excludes halogenated alkanes) is 1. The molecule has 5 heteroatoms. The van der Waals surface area contributed by atoms with Gasteiger partial charge >= 0.3 is 0 Å². The maximum absolute atomic E-state index is 13.8. The first-order valence-electron chi connectivity index (χ1n) is 7.55. The molecular formula is C16H22ClFN2O. The van der Waals surface area contributed by atoms with Gasteiger partial charge in [0.2, 0.25) is 5.91 Å². The first-order chi connectivity index (χ1) is 10.1. The smallest absolute Gasteiger partial charge is 0.222 e. The maximum atomic E-state index is 13.8. The van der Waals surface area contributed by atoms with Crippen molar-refractivity contribution >= 4 is 17.5 Å². The molecule has 0 N–H and O–H groups in total. The molecule has 0 unspecified atom stereocenters. The van der Waals surface area contributed by atoms with Crippen LogP contribution in [-0.2, 0) is 11.3 Å². The second-order valence-electron chi connectivity index (χ2n) is 5.46. The van der Waals surface area contributed by atoms with Crippen molar-refractivity contribution in [3.05, 3.63) is 34.6 Å². The molecule has 0 aromatic heterocycles. The van der Waals surface area contributed by atoms with E-state index in [0.717, 1.165) is 25.9 Å². The van der Waals surface area contributed by atoms with Crippen LogP contribution < -0.4 is 0 Å². The van der Waals surface area contributed by atoms with Crippen molar-refractivity contribution in [1.29, 1.82) is 0 Å². The Kier molecular flexibility index (Phi) is 6.00. The van der Waals surface area contributed by atoms with Gasteiger partial charge in [-0.15, -0.1) is 0 Å². The second-order valence-corrected chi connectivity index (χ2v) is 5.87. The first kappa shape index (κ1) is 16.2. The molecule has 1 aromatic rings. The molecule has 0 aliphatic carbocycles. The van der Waals surface area contributed by atoms with E-state index in [4.69, 9.17) is 11.6 Å². The minimum Gasteiger partial charge on any atom is -0.340 e. The van der Waals surface area contributed by atoms with Crippen molar-refractivity contribution < 1.29 is 9.18 Å². The fourth-order valence-corrected chi connectivity index (χ4v) is 2.77. The fourth-order valence-electron chi connectivity index (χ4n) is 2.55. The molecule has 0 saturated carbocycles. The van der Waals surface area contributed by atoms with Crippen LogP contribution in [0.2, 0.25) is 5.02 Å².